The zero-order chi connectivity index (χ0) is 13.6. The van der Waals surface area contributed by atoms with E-state index in [1.807, 2.05) is 20.8 Å². The second-order valence-electron chi connectivity index (χ2n) is 6.53. The van der Waals surface area contributed by atoms with Crippen molar-refractivity contribution in [3.63, 3.8) is 0 Å². The van der Waals surface area contributed by atoms with E-state index >= 15 is 0 Å². The van der Waals surface area contributed by atoms with Gasteiger partial charge < -0.3 is 10.6 Å². The van der Waals surface area contributed by atoms with Crippen LogP contribution in [0.4, 0.5) is 0 Å². The molecule has 2 atom stereocenters. The number of amides is 1. The van der Waals surface area contributed by atoms with Gasteiger partial charge in [0.25, 0.3) is 0 Å². The lowest BCUT2D eigenvalue weighted by Gasteiger charge is -2.24. The van der Waals surface area contributed by atoms with Crippen molar-refractivity contribution in [2.75, 3.05) is 6.54 Å². The van der Waals surface area contributed by atoms with Crippen LogP contribution in [0.15, 0.2) is 0 Å². The van der Waals surface area contributed by atoms with Crippen LogP contribution in [0.2, 0.25) is 0 Å². The minimum absolute atomic E-state index is 0.133. The third-order valence-corrected chi connectivity index (χ3v) is 2.69. The summed E-state index contributed by atoms with van der Waals surface area (Å²) in [6.07, 6.45) is 1.02. The van der Waals surface area contributed by atoms with Crippen molar-refractivity contribution in [3.8, 4) is 0 Å². The molecule has 0 fully saturated rings. The smallest absolute Gasteiger partial charge is 0.225 e. The van der Waals surface area contributed by atoms with Crippen molar-refractivity contribution < 1.29 is 4.79 Å². The number of hydrogen-bond donors (Lipinski definition) is 2. The average Bonchev–Trinajstić information content (AvgIpc) is 2.12. The molecular formula is C14H30N2O. The zero-order valence-electron chi connectivity index (χ0n) is 12.6. The van der Waals surface area contributed by atoms with Crippen LogP contribution < -0.4 is 10.6 Å². The van der Waals surface area contributed by atoms with E-state index in [4.69, 9.17) is 0 Å². The minimum atomic E-state index is -0.298. The molecular weight excluding hydrogens is 212 g/mol. The first-order chi connectivity index (χ1) is 7.62. The van der Waals surface area contributed by atoms with Crippen molar-refractivity contribution in [2.24, 2.45) is 11.3 Å². The molecule has 0 spiro atoms. The van der Waals surface area contributed by atoms with Crippen molar-refractivity contribution in [3.05, 3.63) is 0 Å². The molecule has 0 aliphatic heterocycles. The van der Waals surface area contributed by atoms with Gasteiger partial charge in [0, 0.05) is 17.5 Å². The molecule has 0 aromatic carbocycles. The first-order valence-corrected chi connectivity index (χ1v) is 6.67. The summed E-state index contributed by atoms with van der Waals surface area (Å²) >= 11 is 0. The van der Waals surface area contributed by atoms with Gasteiger partial charge in [-0.1, -0.05) is 41.5 Å². The largest absolute Gasteiger partial charge is 0.353 e. The minimum Gasteiger partial charge on any atom is -0.353 e. The average molecular weight is 242 g/mol. The quantitative estimate of drug-likeness (QED) is 0.751. The second kappa shape index (κ2) is 7.00. The standard InChI is InChI=1S/C14H30N2O/c1-10(2)15-9-11(3)8-12(4)16-13(17)14(5,6)7/h10-12,15H,8-9H2,1-7H3,(H,16,17). The lowest BCUT2D eigenvalue weighted by Crippen LogP contribution is -2.41. The molecule has 0 aromatic rings. The van der Waals surface area contributed by atoms with Gasteiger partial charge in [0.15, 0.2) is 0 Å². The fourth-order valence-corrected chi connectivity index (χ4v) is 1.62. The highest BCUT2D eigenvalue weighted by atomic mass is 16.2. The highest BCUT2D eigenvalue weighted by Crippen LogP contribution is 2.14. The van der Waals surface area contributed by atoms with Crippen LogP contribution in [0.1, 0.15) is 54.9 Å². The lowest BCUT2D eigenvalue weighted by atomic mass is 9.94. The second-order valence-corrected chi connectivity index (χ2v) is 6.53. The summed E-state index contributed by atoms with van der Waals surface area (Å²) < 4.78 is 0. The van der Waals surface area contributed by atoms with Crippen molar-refractivity contribution >= 4 is 5.91 Å². The molecule has 17 heavy (non-hydrogen) atoms. The molecule has 3 nitrogen and oxygen atoms in total. The van der Waals surface area contributed by atoms with E-state index in [0.29, 0.717) is 12.0 Å². The molecule has 0 rings (SSSR count). The summed E-state index contributed by atoms with van der Waals surface area (Å²) in [6, 6.07) is 0.766. The Labute approximate surface area is 107 Å². The lowest BCUT2D eigenvalue weighted by molar-refractivity contribution is -0.129. The Kier molecular flexibility index (Phi) is 6.76. The molecule has 0 aliphatic carbocycles. The summed E-state index contributed by atoms with van der Waals surface area (Å²) in [7, 11) is 0. The number of carbonyl (C=O) groups excluding carboxylic acids is 1. The number of rotatable bonds is 6. The molecule has 0 radical (unpaired) electrons. The van der Waals surface area contributed by atoms with Crippen LogP contribution in [0.3, 0.4) is 0 Å². The maximum Gasteiger partial charge on any atom is 0.225 e. The van der Waals surface area contributed by atoms with Crippen LogP contribution in [-0.2, 0) is 4.79 Å². The SMILES string of the molecule is CC(CNC(C)C)CC(C)NC(=O)C(C)(C)C. The normalized spacial score (nSPS) is 15.8. The molecule has 0 aromatic heterocycles. The van der Waals surface area contributed by atoms with Gasteiger partial charge in [0.1, 0.15) is 0 Å². The maximum atomic E-state index is 11.8. The number of hydrogen-bond acceptors (Lipinski definition) is 2. The molecule has 0 aliphatic rings. The molecule has 0 saturated carbocycles. The van der Waals surface area contributed by atoms with Gasteiger partial charge in [-0.05, 0) is 25.8 Å². The van der Waals surface area contributed by atoms with E-state index in [1.165, 1.54) is 0 Å². The Bertz CT molecular complexity index is 231. The van der Waals surface area contributed by atoms with Gasteiger partial charge in [-0.15, -0.1) is 0 Å². The molecule has 3 heteroatoms. The van der Waals surface area contributed by atoms with Crippen molar-refractivity contribution in [1.29, 1.82) is 0 Å². The van der Waals surface area contributed by atoms with Gasteiger partial charge in [-0.25, -0.2) is 0 Å². The highest BCUT2D eigenvalue weighted by molar-refractivity contribution is 5.81. The predicted molar refractivity (Wildman–Crippen MR) is 74.0 cm³/mol. The van der Waals surface area contributed by atoms with E-state index < -0.39 is 0 Å². The number of nitrogens with one attached hydrogen (secondary N) is 2. The Morgan fingerprint density at radius 2 is 1.65 bits per heavy atom. The molecule has 2 N–H and O–H groups in total. The molecule has 1 amide bonds. The van der Waals surface area contributed by atoms with Gasteiger partial charge in [-0.3, -0.25) is 4.79 Å². The summed E-state index contributed by atoms with van der Waals surface area (Å²) in [5.74, 6) is 0.710. The Morgan fingerprint density at radius 3 is 2.06 bits per heavy atom. The highest BCUT2D eigenvalue weighted by Gasteiger charge is 2.22. The van der Waals surface area contributed by atoms with Gasteiger partial charge >= 0.3 is 0 Å². The third kappa shape index (κ3) is 8.19. The molecule has 0 saturated heterocycles. The summed E-state index contributed by atoms with van der Waals surface area (Å²) in [6.45, 7) is 15.4. The third-order valence-electron chi connectivity index (χ3n) is 2.69. The van der Waals surface area contributed by atoms with E-state index in [0.717, 1.165) is 13.0 Å². The Hall–Kier alpha value is -0.570. The fourth-order valence-electron chi connectivity index (χ4n) is 1.62. The summed E-state index contributed by atoms with van der Waals surface area (Å²) in [5.41, 5.74) is -0.298. The molecule has 102 valence electrons. The Morgan fingerprint density at radius 1 is 1.12 bits per heavy atom. The van der Waals surface area contributed by atoms with Gasteiger partial charge in [-0.2, -0.15) is 0 Å². The molecule has 0 heterocycles. The number of carbonyl (C=O) groups is 1. The topological polar surface area (TPSA) is 41.1 Å². The first kappa shape index (κ1) is 16.4. The fraction of sp³-hybridized carbons (Fsp3) is 0.929. The van der Waals surface area contributed by atoms with Crippen LogP contribution in [0, 0.1) is 11.3 Å². The van der Waals surface area contributed by atoms with E-state index in [1.54, 1.807) is 0 Å². The van der Waals surface area contributed by atoms with Crippen LogP contribution in [-0.4, -0.2) is 24.5 Å². The molecule has 0 bridgehead atoms. The van der Waals surface area contributed by atoms with E-state index in [-0.39, 0.29) is 17.4 Å². The predicted octanol–water partition coefficient (Wildman–Crippen LogP) is 2.56. The maximum absolute atomic E-state index is 11.8. The van der Waals surface area contributed by atoms with Gasteiger partial charge in [0.2, 0.25) is 5.91 Å². The molecule has 2 unspecified atom stereocenters. The zero-order valence-corrected chi connectivity index (χ0v) is 12.6. The summed E-state index contributed by atoms with van der Waals surface area (Å²) in [5, 5.41) is 6.49. The van der Waals surface area contributed by atoms with Gasteiger partial charge in [0.05, 0.1) is 0 Å². The van der Waals surface area contributed by atoms with E-state index in [2.05, 4.69) is 38.3 Å². The van der Waals surface area contributed by atoms with Crippen LogP contribution in [0.25, 0.3) is 0 Å². The van der Waals surface area contributed by atoms with Crippen LogP contribution >= 0.6 is 0 Å². The van der Waals surface area contributed by atoms with E-state index in [9.17, 15) is 4.79 Å². The van der Waals surface area contributed by atoms with Crippen molar-refractivity contribution in [2.45, 2.75) is 67.0 Å². The Balaban J connectivity index is 3.93. The first-order valence-electron chi connectivity index (χ1n) is 6.67. The monoisotopic (exact) mass is 242 g/mol. The summed E-state index contributed by atoms with van der Waals surface area (Å²) in [4.78, 5) is 11.8. The van der Waals surface area contributed by atoms with Crippen molar-refractivity contribution in [1.82, 2.24) is 10.6 Å². The van der Waals surface area contributed by atoms with Crippen LogP contribution in [0.5, 0.6) is 0 Å².